The summed E-state index contributed by atoms with van der Waals surface area (Å²) in [6, 6.07) is -0.948. The first kappa shape index (κ1) is 32.1. The minimum atomic E-state index is -1.26. The van der Waals surface area contributed by atoms with E-state index in [1.165, 1.54) is 12.2 Å². The molecule has 1 aliphatic rings. The zero-order chi connectivity index (χ0) is 13.6. The molecule has 9 nitrogen and oxygen atoms in total. The Morgan fingerprint density at radius 1 is 1.22 bits per heavy atom. The number of aliphatic carboxylic acids is 1. The molecule has 1 heterocycles. The van der Waals surface area contributed by atoms with E-state index in [-0.39, 0.29) is 109 Å². The molecule has 0 aromatic rings. The molecule has 0 aromatic carbocycles. The van der Waals surface area contributed by atoms with Gasteiger partial charge >= 0.3 is 124 Å². The molecule has 1 atom stereocenters. The van der Waals surface area contributed by atoms with Crippen LogP contribution in [0.25, 0.3) is 5.32 Å². The van der Waals surface area contributed by atoms with Crippen LogP contribution in [0, 0.1) is 0 Å². The average molecular weight is 348 g/mol. The van der Waals surface area contributed by atoms with Gasteiger partial charge in [0.2, 0.25) is 0 Å². The number of hydrogen-bond donors (Lipinski definition) is 1. The van der Waals surface area contributed by atoms with Gasteiger partial charge in [-0.1, -0.05) is 12.1 Å². The maximum atomic E-state index is 10.1. The van der Waals surface area contributed by atoms with Crippen molar-refractivity contribution in [1.29, 1.82) is 0 Å². The number of aliphatic hydroxyl groups is 1. The van der Waals surface area contributed by atoms with Crippen LogP contribution in [0.2, 0.25) is 0 Å². The molecule has 12 heteroatoms. The van der Waals surface area contributed by atoms with Crippen molar-refractivity contribution in [3.8, 4) is 0 Å². The fourth-order valence-electron chi connectivity index (χ4n) is 0.579. The van der Waals surface area contributed by atoms with E-state index in [2.05, 4.69) is 5.32 Å². The molecular weight excluding hydrogens is 343 g/mol. The molecule has 1 aliphatic heterocycles. The van der Waals surface area contributed by atoms with Gasteiger partial charge in [-0.25, -0.2) is 0 Å². The molecule has 0 aromatic heterocycles. The fourth-order valence-corrected chi connectivity index (χ4v) is 0.579. The van der Waals surface area contributed by atoms with E-state index in [0.717, 1.165) is 23.6 Å². The number of hydrogen-bond acceptors (Lipinski definition) is 8. The summed E-state index contributed by atoms with van der Waals surface area (Å²) in [5.41, 5.74) is 0. The second-order valence-corrected chi connectivity index (χ2v) is 1.83. The molecular formula is C6H5K2NO8V-4. The van der Waals surface area contributed by atoms with E-state index in [4.69, 9.17) is 29.8 Å². The molecule has 1 unspecified atom stereocenters. The molecule has 0 saturated heterocycles. The molecule has 0 fully saturated rings. The summed E-state index contributed by atoms with van der Waals surface area (Å²) in [5, 5.41) is 50.2. The topological polar surface area (TPSA) is 184 Å². The molecule has 93 valence electrons. The Bertz CT molecular complexity index is 240. The molecule has 0 saturated carbocycles. The van der Waals surface area contributed by atoms with Crippen LogP contribution in [0.4, 0.5) is 0 Å². The van der Waals surface area contributed by atoms with Gasteiger partial charge in [-0.3, -0.25) is 0 Å². The molecule has 0 spiro atoms. The number of carboxylic acids is 1. The van der Waals surface area contributed by atoms with Crippen molar-refractivity contribution in [3.63, 3.8) is 0 Å². The summed E-state index contributed by atoms with van der Waals surface area (Å²) >= 11 is 1.06. The normalized spacial score (nSPS) is 13.7. The van der Waals surface area contributed by atoms with E-state index in [9.17, 15) is 9.90 Å². The molecule has 0 radical (unpaired) electrons. The Morgan fingerprint density at radius 2 is 1.61 bits per heavy atom. The molecule has 1 N–H and O–H groups in total. The Morgan fingerprint density at radius 3 is 1.83 bits per heavy atom. The van der Waals surface area contributed by atoms with Crippen molar-refractivity contribution >= 4 is 5.97 Å². The van der Waals surface area contributed by atoms with Crippen LogP contribution >= 0.6 is 0 Å². The van der Waals surface area contributed by atoms with Gasteiger partial charge in [-0.2, -0.15) is 0 Å². The average Bonchev–Trinajstić information content (AvgIpc) is 2.37. The Hall–Kier alpha value is 2.05. The van der Waals surface area contributed by atoms with Gasteiger partial charge in [-0.05, 0) is 6.08 Å². The SMILES string of the molecule is O=C([O-])C1C=CC(O)=C[N-]1.[K+].[K+].[O-][O-].[O-][O-].[O]=[V]. The summed E-state index contributed by atoms with van der Waals surface area (Å²) in [6.45, 7) is 0. The molecule has 18 heavy (non-hydrogen) atoms. The van der Waals surface area contributed by atoms with E-state index in [1.807, 2.05) is 0 Å². The van der Waals surface area contributed by atoms with Gasteiger partial charge in [-0.15, -0.1) is 6.20 Å². The molecule has 0 aliphatic carbocycles. The third-order valence-corrected chi connectivity index (χ3v) is 1.06. The van der Waals surface area contributed by atoms with Crippen molar-refractivity contribution < 1.29 is 160 Å². The Balaban J connectivity index is -0.0000000623. The summed E-state index contributed by atoms with van der Waals surface area (Å²) in [5.74, 6) is -1.31. The van der Waals surface area contributed by atoms with Crippen LogP contribution in [-0.2, 0) is 25.8 Å². The van der Waals surface area contributed by atoms with Gasteiger partial charge in [0.1, 0.15) is 0 Å². The maximum absolute atomic E-state index is 10.1. The standard InChI is InChI=1S/C6H6NO3.2K.2O2.O.V/c8-4-1-2-5(6(9)10)7-3-4;;;2*1-2;;/h1-3,5,8H,(H,9,10);;;;;;/q-1;2*+1;2*-2;;/p-1. The molecule has 1 rings (SSSR count). The van der Waals surface area contributed by atoms with Gasteiger partial charge < -0.3 is 41.4 Å². The minimum absolute atomic E-state index is 0. The summed E-state index contributed by atoms with van der Waals surface area (Å²) in [7, 11) is 0. The number of carbonyl (C=O) groups excluding carboxylic acids is 1. The third-order valence-electron chi connectivity index (χ3n) is 1.06. The number of carbonyl (C=O) groups is 1. The van der Waals surface area contributed by atoms with Crippen LogP contribution in [0.3, 0.4) is 0 Å². The van der Waals surface area contributed by atoms with Gasteiger partial charge in [0, 0.05) is 5.97 Å². The fraction of sp³-hybridized carbons (Fsp3) is 0.167. The van der Waals surface area contributed by atoms with E-state index >= 15 is 0 Å². The second kappa shape index (κ2) is 27.4. The molecule has 0 amide bonds. The van der Waals surface area contributed by atoms with Gasteiger partial charge in [0.05, 0.1) is 5.76 Å². The first-order valence-electron chi connectivity index (χ1n) is 3.20. The first-order chi connectivity index (χ1) is 7.70. The number of nitrogens with zero attached hydrogens (tertiary/aromatic N) is 1. The first-order valence-corrected chi connectivity index (χ1v) is 3.77. The van der Waals surface area contributed by atoms with Crippen LogP contribution in [0.5, 0.6) is 0 Å². The van der Waals surface area contributed by atoms with Crippen molar-refractivity contribution in [2.24, 2.45) is 0 Å². The van der Waals surface area contributed by atoms with Crippen LogP contribution in [-0.4, -0.2) is 17.1 Å². The Labute approximate surface area is 197 Å². The van der Waals surface area contributed by atoms with Crippen molar-refractivity contribution in [2.75, 3.05) is 0 Å². The summed E-state index contributed by atoms with van der Waals surface area (Å²) in [4.78, 5) is 10.1. The van der Waals surface area contributed by atoms with Crippen molar-refractivity contribution in [2.45, 2.75) is 6.04 Å². The second-order valence-electron chi connectivity index (χ2n) is 1.83. The zero-order valence-corrected chi connectivity index (χ0v) is 17.2. The predicted octanol–water partition coefficient (Wildman–Crippen LogP) is -11.4. The Kier molecular flexibility index (Phi) is 48.9. The molecule has 0 bridgehead atoms. The van der Waals surface area contributed by atoms with E-state index in [1.54, 1.807) is 0 Å². The van der Waals surface area contributed by atoms with Crippen molar-refractivity contribution in [3.05, 3.63) is 29.4 Å². The third kappa shape index (κ3) is 20.4. The van der Waals surface area contributed by atoms with Crippen molar-refractivity contribution in [1.82, 2.24) is 0 Å². The number of carboxylic acid groups (broad SMARTS) is 1. The van der Waals surface area contributed by atoms with Crippen LogP contribution < -0.4 is 129 Å². The number of allylic oxidation sites excluding steroid dienone is 1. The van der Waals surface area contributed by atoms with E-state index in [0.29, 0.717) is 0 Å². The number of rotatable bonds is 1. The van der Waals surface area contributed by atoms with Crippen LogP contribution in [0.15, 0.2) is 24.1 Å². The van der Waals surface area contributed by atoms with Gasteiger partial charge in [0.25, 0.3) is 0 Å². The quantitative estimate of drug-likeness (QED) is 0.275. The monoisotopic (exact) mass is 348 g/mol. The number of aliphatic hydroxyl groups excluding tert-OH is 1. The van der Waals surface area contributed by atoms with E-state index < -0.39 is 12.0 Å². The zero-order valence-electron chi connectivity index (χ0n) is 9.51. The summed E-state index contributed by atoms with van der Waals surface area (Å²) < 4.78 is 8.19. The van der Waals surface area contributed by atoms with Gasteiger partial charge in [0.15, 0.2) is 0 Å². The van der Waals surface area contributed by atoms with Crippen LogP contribution in [0.1, 0.15) is 0 Å². The summed E-state index contributed by atoms with van der Waals surface area (Å²) in [6.07, 6.45) is 3.61. The predicted molar refractivity (Wildman–Crippen MR) is 32.7 cm³/mol.